The Morgan fingerprint density at radius 3 is 2.47 bits per heavy atom. The average Bonchev–Trinajstić information content (AvgIpc) is 2.26. The van der Waals surface area contributed by atoms with Crippen LogP contribution in [0.3, 0.4) is 0 Å². The van der Waals surface area contributed by atoms with E-state index in [-0.39, 0.29) is 6.42 Å². The molecule has 2 N–H and O–H groups in total. The first kappa shape index (κ1) is 13.1. The van der Waals surface area contributed by atoms with Gasteiger partial charge in [0.25, 0.3) is 0 Å². The van der Waals surface area contributed by atoms with E-state index in [1.807, 2.05) is 30.3 Å². The fourth-order valence-electron chi connectivity index (χ4n) is 1.33. The minimum absolute atomic E-state index is 0.171. The number of carboxylic acids is 1. The van der Waals surface area contributed by atoms with Crippen molar-refractivity contribution in [3.05, 3.63) is 42.0 Å². The summed E-state index contributed by atoms with van der Waals surface area (Å²) in [6.45, 7) is 0. The second kappa shape index (κ2) is 6.60. The number of ketones is 1. The van der Waals surface area contributed by atoms with E-state index in [4.69, 9.17) is 5.11 Å². The van der Waals surface area contributed by atoms with E-state index in [0.717, 1.165) is 5.56 Å². The number of aliphatic hydroxyl groups is 1. The van der Waals surface area contributed by atoms with Gasteiger partial charge in [0.05, 0.1) is 6.10 Å². The molecule has 0 aliphatic carbocycles. The zero-order valence-electron chi connectivity index (χ0n) is 9.24. The molecule has 0 unspecified atom stereocenters. The number of hydrogen-bond acceptors (Lipinski definition) is 3. The Hall–Kier alpha value is -1.94. The van der Waals surface area contributed by atoms with Crippen LogP contribution in [0.5, 0.6) is 0 Å². The van der Waals surface area contributed by atoms with E-state index in [9.17, 15) is 14.7 Å². The number of aliphatic hydroxyl groups excluding tert-OH is 1. The summed E-state index contributed by atoms with van der Waals surface area (Å²) >= 11 is 0. The van der Waals surface area contributed by atoms with Crippen LogP contribution in [0, 0.1) is 0 Å². The molecule has 4 heteroatoms. The lowest BCUT2D eigenvalue weighted by Gasteiger charge is -2.02. The van der Waals surface area contributed by atoms with Crippen LogP contribution in [-0.2, 0) is 9.59 Å². The lowest BCUT2D eigenvalue weighted by molar-refractivity contribution is -0.140. The molecule has 1 aromatic carbocycles. The summed E-state index contributed by atoms with van der Waals surface area (Å²) < 4.78 is 0. The van der Waals surface area contributed by atoms with Crippen molar-refractivity contribution in [1.82, 2.24) is 0 Å². The SMILES string of the molecule is O=C(O)CC(=O)C[C@H](O)/C=C/c1ccccc1. The number of aliphatic carboxylic acids is 1. The third-order valence-electron chi connectivity index (χ3n) is 2.10. The van der Waals surface area contributed by atoms with Crippen LogP contribution in [0.1, 0.15) is 18.4 Å². The minimum atomic E-state index is -1.17. The number of Topliss-reactive ketones (excluding diaryl/α,β-unsaturated/α-hetero) is 1. The number of benzene rings is 1. The second-order valence-electron chi connectivity index (χ2n) is 3.65. The molecule has 4 nitrogen and oxygen atoms in total. The van der Waals surface area contributed by atoms with Gasteiger partial charge in [0.2, 0.25) is 0 Å². The maximum atomic E-state index is 11.1. The van der Waals surface area contributed by atoms with Gasteiger partial charge in [-0.25, -0.2) is 0 Å². The summed E-state index contributed by atoms with van der Waals surface area (Å²) in [5, 5.41) is 17.9. The molecule has 1 rings (SSSR count). The minimum Gasteiger partial charge on any atom is -0.481 e. The molecule has 0 saturated heterocycles. The summed E-state index contributed by atoms with van der Waals surface area (Å²) in [5.41, 5.74) is 0.914. The predicted octanol–water partition coefficient (Wildman–Crippen LogP) is 1.49. The molecule has 0 bridgehead atoms. The summed E-state index contributed by atoms with van der Waals surface area (Å²) in [5.74, 6) is -1.66. The first-order valence-corrected chi connectivity index (χ1v) is 5.22. The number of carbonyl (C=O) groups excluding carboxylic acids is 1. The molecule has 0 fully saturated rings. The van der Waals surface area contributed by atoms with E-state index < -0.39 is 24.3 Å². The number of rotatable bonds is 6. The first-order chi connectivity index (χ1) is 8.08. The lowest BCUT2D eigenvalue weighted by atomic mass is 10.1. The van der Waals surface area contributed by atoms with Crippen LogP contribution in [-0.4, -0.2) is 28.1 Å². The van der Waals surface area contributed by atoms with Crippen LogP contribution in [0.25, 0.3) is 6.08 Å². The quantitative estimate of drug-likeness (QED) is 0.731. The maximum Gasteiger partial charge on any atom is 0.310 e. The Morgan fingerprint density at radius 1 is 1.24 bits per heavy atom. The second-order valence-corrected chi connectivity index (χ2v) is 3.65. The summed E-state index contributed by atoms with van der Waals surface area (Å²) in [6.07, 6.45) is 1.52. The first-order valence-electron chi connectivity index (χ1n) is 5.22. The number of hydrogen-bond donors (Lipinski definition) is 2. The topological polar surface area (TPSA) is 74.6 Å². The van der Waals surface area contributed by atoms with Gasteiger partial charge in [-0.05, 0) is 5.56 Å². The third-order valence-corrected chi connectivity index (χ3v) is 2.10. The molecular weight excluding hydrogens is 220 g/mol. The van der Waals surface area contributed by atoms with Gasteiger partial charge in [0.1, 0.15) is 12.2 Å². The van der Waals surface area contributed by atoms with E-state index >= 15 is 0 Å². The van der Waals surface area contributed by atoms with Gasteiger partial charge >= 0.3 is 5.97 Å². The van der Waals surface area contributed by atoms with E-state index in [0.29, 0.717) is 0 Å². The van der Waals surface area contributed by atoms with Gasteiger partial charge in [-0.2, -0.15) is 0 Å². The normalized spacial score (nSPS) is 12.5. The molecule has 0 aliphatic heterocycles. The smallest absolute Gasteiger partial charge is 0.310 e. The van der Waals surface area contributed by atoms with Crippen LogP contribution in [0.2, 0.25) is 0 Å². The van der Waals surface area contributed by atoms with Crippen molar-refractivity contribution < 1.29 is 19.8 Å². The van der Waals surface area contributed by atoms with Gasteiger partial charge in [-0.3, -0.25) is 9.59 Å². The molecular formula is C13H14O4. The van der Waals surface area contributed by atoms with Crippen molar-refractivity contribution in [2.45, 2.75) is 18.9 Å². The van der Waals surface area contributed by atoms with E-state index in [1.54, 1.807) is 6.08 Å². The van der Waals surface area contributed by atoms with Crippen molar-refractivity contribution in [3.63, 3.8) is 0 Å². The number of carbonyl (C=O) groups is 2. The molecule has 0 aliphatic rings. The Morgan fingerprint density at radius 2 is 1.88 bits per heavy atom. The fourth-order valence-corrected chi connectivity index (χ4v) is 1.33. The monoisotopic (exact) mass is 234 g/mol. The van der Waals surface area contributed by atoms with Crippen molar-refractivity contribution >= 4 is 17.8 Å². The molecule has 0 aromatic heterocycles. The highest BCUT2D eigenvalue weighted by atomic mass is 16.4. The van der Waals surface area contributed by atoms with Crippen LogP contribution in [0.15, 0.2) is 36.4 Å². The Bertz CT molecular complexity index is 409. The van der Waals surface area contributed by atoms with E-state index in [1.165, 1.54) is 6.08 Å². The predicted molar refractivity (Wildman–Crippen MR) is 63.4 cm³/mol. The van der Waals surface area contributed by atoms with Crippen LogP contribution >= 0.6 is 0 Å². The fraction of sp³-hybridized carbons (Fsp3) is 0.231. The van der Waals surface area contributed by atoms with Crippen LogP contribution in [0.4, 0.5) is 0 Å². The Kier molecular flexibility index (Phi) is 5.10. The highest BCUT2D eigenvalue weighted by Gasteiger charge is 2.11. The zero-order chi connectivity index (χ0) is 12.7. The standard InChI is InChI=1S/C13H14O4/c14-11(8-12(15)9-13(16)17)7-6-10-4-2-1-3-5-10/h1-7,11,14H,8-9H2,(H,16,17)/b7-6+/t11-/m1/s1. The van der Waals surface area contributed by atoms with Gasteiger partial charge in [0.15, 0.2) is 0 Å². The molecule has 0 amide bonds. The van der Waals surface area contributed by atoms with Crippen molar-refractivity contribution in [2.75, 3.05) is 0 Å². The molecule has 0 saturated carbocycles. The largest absolute Gasteiger partial charge is 0.481 e. The zero-order valence-corrected chi connectivity index (χ0v) is 9.24. The molecule has 90 valence electrons. The Labute approximate surface area is 99.2 Å². The van der Waals surface area contributed by atoms with Gasteiger partial charge in [-0.15, -0.1) is 0 Å². The van der Waals surface area contributed by atoms with Crippen molar-refractivity contribution in [3.8, 4) is 0 Å². The lowest BCUT2D eigenvalue weighted by Crippen LogP contribution is -2.14. The summed E-state index contributed by atoms with van der Waals surface area (Å²) in [7, 11) is 0. The van der Waals surface area contributed by atoms with Gasteiger partial charge in [0, 0.05) is 6.42 Å². The molecule has 1 aromatic rings. The molecule has 17 heavy (non-hydrogen) atoms. The van der Waals surface area contributed by atoms with Crippen LogP contribution < -0.4 is 0 Å². The molecule has 0 spiro atoms. The maximum absolute atomic E-state index is 11.1. The highest BCUT2D eigenvalue weighted by molar-refractivity contribution is 5.95. The Balaban J connectivity index is 2.44. The molecule has 0 heterocycles. The van der Waals surface area contributed by atoms with E-state index in [2.05, 4.69) is 0 Å². The van der Waals surface area contributed by atoms with Gasteiger partial charge in [-0.1, -0.05) is 42.5 Å². The number of carboxylic acid groups (broad SMARTS) is 1. The molecule has 0 radical (unpaired) electrons. The summed E-state index contributed by atoms with van der Waals surface area (Å²) in [6, 6.07) is 9.33. The third kappa shape index (κ3) is 5.63. The van der Waals surface area contributed by atoms with Crippen molar-refractivity contribution in [1.29, 1.82) is 0 Å². The van der Waals surface area contributed by atoms with Gasteiger partial charge < -0.3 is 10.2 Å². The van der Waals surface area contributed by atoms with Crippen molar-refractivity contribution in [2.24, 2.45) is 0 Å². The highest BCUT2D eigenvalue weighted by Crippen LogP contribution is 2.05. The molecule has 1 atom stereocenters. The summed E-state index contributed by atoms with van der Waals surface area (Å²) in [4.78, 5) is 21.4. The average molecular weight is 234 g/mol.